The molecule has 22 heavy (non-hydrogen) atoms. The largest absolute Gasteiger partial charge is 0.370 e. The first-order chi connectivity index (χ1) is 10.0. The van der Waals surface area contributed by atoms with Gasteiger partial charge in [-0.2, -0.15) is 0 Å². The van der Waals surface area contributed by atoms with Crippen LogP contribution in [0.5, 0.6) is 0 Å². The summed E-state index contributed by atoms with van der Waals surface area (Å²) in [5.74, 6) is 0.997. The van der Waals surface area contributed by atoms with Crippen LogP contribution in [0.2, 0.25) is 0 Å². The van der Waals surface area contributed by atoms with Crippen LogP contribution in [-0.4, -0.2) is 37.5 Å². The van der Waals surface area contributed by atoms with E-state index >= 15 is 0 Å². The number of hydrogen-bond donors (Lipinski definition) is 2. The lowest BCUT2D eigenvalue weighted by Crippen LogP contribution is -2.26. The lowest BCUT2D eigenvalue weighted by Gasteiger charge is -2.14. The maximum Gasteiger partial charge on any atom is 0.193 e. The molecule has 4 nitrogen and oxygen atoms in total. The van der Waals surface area contributed by atoms with Crippen molar-refractivity contribution >= 4 is 35.6 Å². The number of unbranched alkanes of at least 4 members (excludes halogenated alkanes) is 1. The van der Waals surface area contributed by atoms with Crippen LogP contribution in [0.4, 0.5) is 5.69 Å². The van der Waals surface area contributed by atoms with Gasteiger partial charge in [0.25, 0.3) is 0 Å². The van der Waals surface area contributed by atoms with Gasteiger partial charge in [0.1, 0.15) is 0 Å². The topological polar surface area (TPSA) is 53.6 Å². The normalized spacial score (nSPS) is 11.6. The zero-order chi connectivity index (χ0) is 15.7. The Kier molecular flexibility index (Phi) is 11.3. The van der Waals surface area contributed by atoms with E-state index in [-0.39, 0.29) is 24.0 Å². The van der Waals surface area contributed by atoms with E-state index in [4.69, 9.17) is 5.73 Å². The maximum atomic E-state index is 5.94. The summed E-state index contributed by atoms with van der Waals surface area (Å²) in [4.78, 5) is 6.68. The summed E-state index contributed by atoms with van der Waals surface area (Å²) >= 11 is 0. The predicted octanol–water partition coefficient (Wildman–Crippen LogP) is 3.89. The molecule has 0 fully saturated rings. The second-order valence-corrected chi connectivity index (χ2v) is 5.83. The van der Waals surface area contributed by atoms with Crippen LogP contribution < -0.4 is 11.1 Å². The average Bonchev–Trinajstić information content (AvgIpc) is 2.45. The Balaban J connectivity index is 0.00000441. The van der Waals surface area contributed by atoms with Gasteiger partial charge in [0.15, 0.2) is 5.96 Å². The fourth-order valence-corrected chi connectivity index (χ4v) is 2.04. The molecule has 0 aliphatic carbocycles. The number of halogens is 1. The number of nitrogens with one attached hydrogen (secondary N) is 1. The van der Waals surface area contributed by atoms with Gasteiger partial charge in [-0.25, -0.2) is 0 Å². The fraction of sp³-hybridized carbons (Fsp3) is 0.588. The van der Waals surface area contributed by atoms with Crippen LogP contribution in [-0.2, 0) is 0 Å². The van der Waals surface area contributed by atoms with E-state index in [2.05, 4.69) is 55.2 Å². The molecule has 0 amide bonds. The zero-order valence-electron chi connectivity index (χ0n) is 14.3. The number of guanidine groups is 1. The van der Waals surface area contributed by atoms with Gasteiger partial charge in [0, 0.05) is 12.2 Å². The maximum absolute atomic E-state index is 5.94. The highest BCUT2D eigenvalue weighted by Crippen LogP contribution is 2.18. The van der Waals surface area contributed by atoms with Crippen molar-refractivity contribution in [1.29, 1.82) is 0 Å². The Morgan fingerprint density at radius 2 is 2.05 bits per heavy atom. The van der Waals surface area contributed by atoms with Crippen molar-refractivity contribution in [2.45, 2.75) is 39.5 Å². The second kappa shape index (κ2) is 11.7. The first kappa shape index (κ1) is 21.2. The number of nitrogens with zero attached hydrogens (tertiary/aromatic N) is 2. The molecule has 126 valence electrons. The third kappa shape index (κ3) is 8.58. The fourth-order valence-electron chi connectivity index (χ4n) is 2.04. The van der Waals surface area contributed by atoms with Crippen LogP contribution >= 0.6 is 24.0 Å². The van der Waals surface area contributed by atoms with E-state index in [9.17, 15) is 0 Å². The van der Waals surface area contributed by atoms with Gasteiger partial charge >= 0.3 is 0 Å². The highest BCUT2D eigenvalue weighted by molar-refractivity contribution is 14.0. The number of nitrogens with two attached hydrogens (primary N) is 1. The lowest BCUT2D eigenvalue weighted by molar-refractivity contribution is 0.337. The third-order valence-corrected chi connectivity index (χ3v) is 3.48. The van der Waals surface area contributed by atoms with Gasteiger partial charge in [-0.05, 0) is 43.6 Å². The molecule has 5 heteroatoms. The molecular formula is C17H31IN4. The Morgan fingerprint density at radius 1 is 1.32 bits per heavy atom. The zero-order valence-corrected chi connectivity index (χ0v) is 16.6. The Hall–Kier alpha value is -0.820. The predicted molar refractivity (Wildman–Crippen MR) is 108 cm³/mol. The minimum atomic E-state index is 0. The summed E-state index contributed by atoms with van der Waals surface area (Å²) in [6.07, 6.45) is 2.46. The van der Waals surface area contributed by atoms with Crippen molar-refractivity contribution in [2.24, 2.45) is 10.7 Å². The van der Waals surface area contributed by atoms with Crippen molar-refractivity contribution < 1.29 is 0 Å². The van der Waals surface area contributed by atoms with Crippen molar-refractivity contribution in [3.63, 3.8) is 0 Å². The minimum Gasteiger partial charge on any atom is -0.370 e. The molecule has 0 heterocycles. The smallest absolute Gasteiger partial charge is 0.193 e. The molecule has 1 aromatic rings. The number of hydrogen-bond acceptors (Lipinski definition) is 2. The number of benzene rings is 1. The van der Waals surface area contributed by atoms with Crippen LogP contribution in [0, 0.1) is 0 Å². The summed E-state index contributed by atoms with van der Waals surface area (Å²) in [5, 5.41) is 3.16. The number of anilines is 1. The van der Waals surface area contributed by atoms with Crippen molar-refractivity contribution in [3.05, 3.63) is 29.8 Å². The standard InChI is InChI=1S/C17H30N4.HI/c1-5-6-11-21(4)12-10-19-17(18)20-16-9-7-8-15(13-16)14(2)3;/h7-9,13-14H,5-6,10-12H2,1-4H3,(H3,18,19,20);1H. The molecule has 3 N–H and O–H groups in total. The first-order valence-corrected chi connectivity index (χ1v) is 7.88. The van der Waals surface area contributed by atoms with E-state index < -0.39 is 0 Å². The molecule has 0 atom stereocenters. The Bertz CT molecular complexity index is 446. The van der Waals surface area contributed by atoms with Gasteiger partial charge in [-0.15, -0.1) is 24.0 Å². The average molecular weight is 418 g/mol. The van der Waals surface area contributed by atoms with Gasteiger partial charge in [-0.1, -0.05) is 39.3 Å². The van der Waals surface area contributed by atoms with E-state index in [1.807, 2.05) is 12.1 Å². The van der Waals surface area contributed by atoms with Gasteiger partial charge in [0.05, 0.1) is 6.54 Å². The molecule has 0 saturated heterocycles. The minimum absolute atomic E-state index is 0. The van der Waals surface area contributed by atoms with Gasteiger partial charge < -0.3 is 16.0 Å². The van der Waals surface area contributed by atoms with Crippen LogP contribution in [0.1, 0.15) is 45.1 Å². The van der Waals surface area contributed by atoms with Gasteiger partial charge in [0.2, 0.25) is 0 Å². The van der Waals surface area contributed by atoms with E-state index in [1.165, 1.54) is 18.4 Å². The molecular weight excluding hydrogens is 387 g/mol. The van der Waals surface area contributed by atoms with E-state index in [0.29, 0.717) is 11.9 Å². The third-order valence-electron chi connectivity index (χ3n) is 3.48. The molecule has 0 spiro atoms. The summed E-state index contributed by atoms with van der Waals surface area (Å²) in [6, 6.07) is 8.32. The van der Waals surface area contributed by atoms with Gasteiger partial charge in [-0.3, -0.25) is 4.99 Å². The number of likely N-dealkylation sites (N-methyl/N-ethyl adjacent to an activating group) is 1. The van der Waals surface area contributed by atoms with Crippen LogP contribution in [0.3, 0.4) is 0 Å². The summed E-state index contributed by atoms with van der Waals surface area (Å²) < 4.78 is 0. The quantitative estimate of drug-likeness (QED) is 0.383. The lowest BCUT2D eigenvalue weighted by atomic mass is 10.0. The Morgan fingerprint density at radius 3 is 2.68 bits per heavy atom. The first-order valence-electron chi connectivity index (χ1n) is 7.88. The molecule has 0 aromatic heterocycles. The summed E-state index contributed by atoms with van der Waals surface area (Å²) in [6.45, 7) is 9.36. The van der Waals surface area contributed by atoms with Crippen LogP contribution in [0.15, 0.2) is 29.3 Å². The molecule has 0 saturated carbocycles. The van der Waals surface area contributed by atoms with Crippen molar-refractivity contribution in [2.75, 3.05) is 32.0 Å². The highest BCUT2D eigenvalue weighted by atomic mass is 127. The SMILES string of the molecule is CCCCN(C)CCN=C(N)Nc1cccc(C(C)C)c1.I. The second-order valence-electron chi connectivity index (χ2n) is 5.83. The molecule has 1 rings (SSSR count). The van der Waals surface area contributed by atoms with E-state index in [0.717, 1.165) is 25.3 Å². The molecule has 0 bridgehead atoms. The molecule has 0 unspecified atom stereocenters. The highest BCUT2D eigenvalue weighted by Gasteiger charge is 2.01. The molecule has 1 aromatic carbocycles. The Labute approximate surface area is 152 Å². The summed E-state index contributed by atoms with van der Waals surface area (Å²) in [5.41, 5.74) is 8.24. The van der Waals surface area contributed by atoms with Crippen LogP contribution in [0.25, 0.3) is 0 Å². The molecule has 0 aliphatic heterocycles. The monoisotopic (exact) mass is 418 g/mol. The number of rotatable bonds is 8. The number of aliphatic imine (C=N–C) groups is 1. The van der Waals surface area contributed by atoms with Crippen molar-refractivity contribution in [1.82, 2.24) is 4.90 Å². The van der Waals surface area contributed by atoms with E-state index in [1.54, 1.807) is 0 Å². The molecule has 0 radical (unpaired) electrons. The summed E-state index contributed by atoms with van der Waals surface area (Å²) in [7, 11) is 2.13. The van der Waals surface area contributed by atoms with Crippen molar-refractivity contribution in [3.8, 4) is 0 Å². The molecule has 0 aliphatic rings.